The topological polar surface area (TPSA) is 79.3 Å². The number of aliphatic hydroxyl groups is 1. The lowest BCUT2D eigenvalue weighted by molar-refractivity contribution is -0.575. The van der Waals surface area contributed by atoms with Crippen molar-refractivity contribution in [1.29, 1.82) is 0 Å². The van der Waals surface area contributed by atoms with Gasteiger partial charge in [0.2, 0.25) is 0 Å². The molecule has 0 aliphatic carbocycles. The molecule has 0 aliphatic rings. The molecule has 33 heavy (non-hydrogen) atoms. The molecule has 2 aromatic carbocycles. The van der Waals surface area contributed by atoms with Gasteiger partial charge < -0.3 is 10.4 Å². The third kappa shape index (κ3) is 5.62. The van der Waals surface area contributed by atoms with Gasteiger partial charge in [-0.15, -0.1) is 0 Å². The lowest BCUT2D eigenvalue weighted by Crippen LogP contribution is -2.39. The van der Waals surface area contributed by atoms with E-state index in [1.54, 1.807) is 4.57 Å². The minimum absolute atomic E-state index is 0.0262. The first-order valence-corrected chi connectivity index (χ1v) is 11.0. The SMILES string of the molecule is Cc1ccc(NC(=S)/C(=C(\O)c2ccc([N+](=O)[O-])cc2)[n+]2ccc(C(C)(C)C)cc2)cc1C. The van der Waals surface area contributed by atoms with Crippen LogP contribution in [0.2, 0.25) is 0 Å². The average molecular weight is 463 g/mol. The summed E-state index contributed by atoms with van der Waals surface area (Å²) in [6, 6.07) is 15.6. The van der Waals surface area contributed by atoms with Crippen LogP contribution in [0.4, 0.5) is 11.4 Å². The molecule has 0 amide bonds. The second kappa shape index (κ2) is 9.50. The third-order valence-corrected chi connectivity index (χ3v) is 5.80. The van der Waals surface area contributed by atoms with Crippen LogP contribution in [0.5, 0.6) is 0 Å². The molecule has 0 bridgehead atoms. The number of rotatable bonds is 5. The van der Waals surface area contributed by atoms with Crippen LogP contribution >= 0.6 is 12.2 Å². The van der Waals surface area contributed by atoms with Gasteiger partial charge in [0.25, 0.3) is 11.4 Å². The van der Waals surface area contributed by atoms with Gasteiger partial charge in [-0.1, -0.05) is 39.1 Å². The Morgan fingerprint density at radius 3 is 2.12 bits per heavy atom. The number of aliphatic hydroxyl groups excluding tert-OH is 1. The molecule has 0 fully saturated rings. The molecule has 1 heterocycles. The number of nitrogens with zero attached hydrogens (tertiary/aromatic N) is 2. The Morgan fingerprint density at radius 1 is 1.00 bits per heavy atom. The van der Waals surface area contributed by atoms with E-state index in [0.29, 0.717) is 16.2 Å². The van der Waals surface area contributed by atoms with Gasteiger partial charge in [-0.2, -0.15) is 4.57 Å². The number of non-ortho nitro benzene ring substituents is 1. The van der Waals surface area contributed by atoms with Crippen molar-refractivity contribution in [1.82, 2.24) is 0 Å². The second-order valence-electron chi connectivity index (χ2n) is 9.00. The zero-order valence-corrected chi connectivity index (χ0v) is 20.2. The number of pyridine rings is 1. The summed E-state index contributed by atoms with van der Waals surface area (Å²) in [6.45, 7) is 10.4. The van der Waals surface area contributed by atoms with Crippen LogP contribution in [0.25, 0.3) is 11.5 Å². The van der Waals surface area contributed by atoms with Crippen LogP contribution in [0, 0.1) is 24.0 Å². The van der Waals surface area contributed by atoms with E-state index in [4.69, 9.17) is 12.2 Å². The summed E-state index contributed by atoms with van der Waals surface area (Å²) >= 11 is 5.71. The predicted molar refractivity (Wildman–Crippen MR) is 136 cm³/mol. The maximum atomic E-state index is 11.2. The largest absolute Gasteiger partial charge is 0.502 e. The van der Waals surface area contributed by atoms with Crippen molar-refractivity contribution < 1.29 is 14.6 Å². The molecule has 0 aliphatic heterocycles. The number of hydrogen-bond acceptors (Lipinski definition) is 4. The van der Waals surface area contributed by atoms with E-state index < -0.39 is 4.92 Å². The van der Waals surface area contributed by atoms with E-state index in [1.807, 2.05) is 56.6 Å². The lowest BCUT2D eigenvalue weighted by atomic mass is 9.88. The van der Waals surface area contributed by atoms with E-state index >= 15 is 0 Å². The van der Waals surface area contributed by atoms with Gasteiger partial charge in [0, 0.05) is 35.5 Å². The van der Waals surface area contributed by atoms with Gasteiger partial charge in [-0.25, -0.2) is 0 Å². The monoisotopic (exact) mass is 462 g/mol. The Morgan fingerprint density at radius 2 is 1.61 bits per heavy atom. The molecular weight excluding hydrogens is 434 g/mol. The van der Waals surface area contributed by atoms with Crippen LogP contribution in [0.1, 0.15) is 43.0 Å². The summed E-state index contributed by atoms with van der Waals surface area (Å²) in [7, 11) is 0. The van der Waals surface area contributed by atoms with Crippen molar-refractivity contribution in [3.05, 3.63) is 99.4 Å². The number of anilines is 1. The first kappa shape index (κ1) is 24.1. The quantitative estimate of drug-likeness (QED) is 0.119. The minimum atomic E-state index is -0.475. The number of aromatic nitrogens is 1. The van der Waals surface area contributed by atoms with Crippen molar-refractivity contribution >= 4 is 40.0 Å². The van der Waals surface area contributed by atoms with E-state index in [0.717, 1.165) is 16.8 Å². The van der Waals surface area contributed by atoms with Crippen LogP contribution in [-0.2, 0) is 5.41 Å². The molecule has 0 unspecified atom stereocenters. The maximum absolute atomic E-state index is 11.2. The van der Waals surface area contributed by atoms with Crippen molar-refractivity contribution in [3.8, 4) is 0 Å². The highest BCUT2D eigenvalue weighted by Gasteiger charge is 2.25. The highest BCUT2D eigenvalue weighted by Crippen LogP contribution is 2.24. The summed E-state index contributed by atoms with van der Waals surface area (Å²) in [5, 5.41) is 25.4. The van der Waals surface area contributed by atoms with Crippen LogP contribution in [-0.4, -0.2) is 15.0 Å². The van der Waals surface area contributed by atoms with Crippen molar-refractivity contribution in [2.45, 2.75) is 40.0 Å². The van der Waals surface area contributed by atoms with Gasteiger partial charge in [-0.05, 0) is 60.2 Å². The number of hydrogen-bond donors (Lipinski definition) is 2. The number of thiocarbonyl (C=S) groups is 1. The van der Waals surface area contributed by atoms with Crippen molar-refractivity contribution in [2.75, 3.05) is 5.32 Å². The van der Waals surface area contributed by atoms with E-state index in [1.165, 1.54) is 29.8 Å². The molecule has 2 N–H and O–H groups in total. The maximum Gasteiger partial charge on any atom is 0.288 e. The number of aryl methyl sites for hydroxylation is 2. The molecule has 6 nitrogen and oxygen atoms in total. The molecule has 0 saturated carbocycles. The van der Waals surface area contributed by atoms with Crippen molar-refractivity contribution in [2.24, 2.45) is 0 Å². The average Bonchev–Trinajstić information content (AvgIpc) is 2.76. The number of nitro benzene ring substituents is 1. The molecule has 0 saturated heterocycles. The molecule has 0 atom stereocenters. The Labute approximate surface area is 199 Å². The Balaban J connectivity index is 2.08. The van der Waals surface area contributed by atoms with Gasteiger partial charge in [0.05, 0.1) is 4.92 Å². The van der Waals surface area contributed by atoms with Gasteiger partial charge in [0.1, 0.15) is 0 Å². The van der Waals surface area contributed by atoms with E-state index in [-0.39, 0.29) is 16.9 Å². The fourth-order valence-corrected chi connectivity index (χ4v) is 3.63. The van der Waals surface area contributed by atoms with Gasteiger partial charge in [-0.3, -0.25) is 10.1 Å². The predicted octanol–water partition coefficient (Wildman–Crippen LogP) is 6.12. The van der Waals surface area contributed by atoms with Crippen molar-refractivity contribution in [3.63, 3.8) is 0 Å². The molecule has 170 valence electrons. The molecule has 7 heteroatoms. The summed E-state index contributed by atoms with van der Waals surface area (Å²) in [5.74, 6) is -0.0836. The van der Waals surface area contributed by atoms with E-state index in [2.05, 4.69) is 26.1 Å². The number of nitrogens with one attached hydrogen (secondary N) is 1. The summed E-state index contributed by atoms with van der Waals surface area (Å²) in [5.41, 5.74) is 4.96. The molecule has 3 aromatic rings. The summed E-state index contributed by atoms with van der Waals surface area (Å²) in [4.78, 5) is 10.9. The fraction of sp³-hybridized carbons (Fsp3) is 0.231. The standard InChI is InChI=1S/C26H27N3O3S/c1-17-6-9-21(16-18(17)2)27-25(33)23(28-14-12-20(13-15-28)26(3,4)5)24(30)19-7-10-22(11-8-19)29(31)32/h6-16H,1-5H3,(H-,27,30,33)/p+1. The molecule has 0 radical (unpaired) electrons. The molecular formula is C26H28N3O3S+. The normalized spacial score (nSPS) is 12.2. The summed E-state index contributed by atoms with van der Waals surface area (Å²) in [6.07, 6.45) is 3.71. The molecule has 0 spiro atoms. The Bertz CT molecular complexity index is 1230. The van der Waals surface area contributed by atoms with Gasteiger partial charge in [0.15, 0.2) is 23.1 Å². The highest BCUT2D eigenvalue weighted by molar-refractivity contribution is 7.81. The van der Waals surface area contributed by atoms with E-state index in [9.17, 15) is 15.2 Å². The molecule has 1 aromatic heterocycles. The Hall–Kier alpha value is -3.58. The van der Waals surface area contributed by atoms with Crippen LogP contribution in [0.15, 0.2) is 67.0 Å². The second-order valence-corrected chi connectivity index (χ2v) is 9.41. The smallest absolute Gasteiger partial charge is 0.288 e. The third-order valence-electron chi connectivity index (χ3n) is 5.51. The lowest BCUT2D eigenvalue weighted by Gasteiger charge is -2.18. The van der Waals surface area contributed by atoms with Gasteiger partial charge >= 0.3 is 0 Å². The number of nitro groups is 1. The molecule has 3 rings (SSSR count). The zero-order valence-electron chi connectivity index (χ0n) is 19.4. The summed E-state index contributed by atoms with van der Waals surface area (Å²) < 4.78 is 1.75. The van der Waals surface area contributed by atoms with Crippen LogP contribution < -0.4 is 9.88 Å². The highest BCUT2D eigenvalue weighted by atomic mass is 32.1. The zero-order chi connectivity index (χ0) is 24.3. The van der Waals surface area contributed by atoms with Crippen LogP contribution in [0.3, 0.4) is 0 Å². The minimum Gasteiger partial charge on any atom is -0.502 e. The first-order valence-electron chi connectivity index (χ1n) is 10.6. The fourth-order valence-electron chi connectivity index (χ4n) is 3.31. The first-order chi connectivity index (χ1) is 15.5. The Kier molecular flexibility index (Phi) is 6.93. The number of benzene rings is 2.